The van der Waals surface area contributed by atoms with E-state index in [4.69, 9.17) is 15.3 Å². The molecule has 0 radical (unpaired) electrons. The number of furan rings is 1. The van der Waals surface area contributed by atoms with Crippen molar-refractivity contribution in [2.75, 3.05) is 5.73 Å². The van der Waals surface area contributed by atoms with E-state index in [0.29, 0.717) is 0 Å². The van der Waals surface area contributed by atoms with Crippen LogP contribution >= 0.6 is 0 Å². The summed E-state index contributed by atoms with van der Waals surface area (Å²) in [5, 5.41) is 8.63. The van der Waals surface area contributed by atoms with Gasteiger partial charge in [0.1, 0.15) is 12.0 Å². The summed E-state index contributed by atoms with van der Waals surface area (Å²) in [6.45, 7) is 0. The molecule has 0 saturated heterocycles. The van der Waals surface area contributed by atoms with Gasteiger partial charge in [0.05, 0.1) is 5.39 Å². The molecule has 1 heterocycles. The molecule has 0 unspecified atom stereocenters. The lowest BCUT2D eigenvalue weighted by Crippen LogP contribution is -2.18. The monoisotopic (exact) mass is 275 g/mol. The van der Waals surface area contributed by atoms with E-state index in [1.165, 1.54) is 18.2 Å². The van der Waals surface area contributed by atoms with E-state index in [-0.39, 0.29) is 16.7 Å². The molecule has 2 rings (SSSR count). The molecule has 0 amide bonds. The second kappa shape index (κ2) is 4.38. The van der Waals surface area contributed by atoms with Crippen LogP contribution in [0, 0.1) is 0 Å². The van der Waals surface area contributed by atoms with Crippen molar-refractivity contribution < 1.29 is 32.2 Å². The summed E-state index contributed by atoms with van der Waals surface area (Å²) in [6, 6.07) is 4.00. The van der Waals surface area contributed by atoms with Gasteiger partial charge < -0.3 is 20.0 Å². The van der Waals surface area contributed by atoms with Gasteiger partial charge in [-0.2, -0.15) is 0 Å². The lowest BCUT2D eigenvalue weighted by molar-refractivity contribution is -0.274. The van der Waals surface area contributed by atoms with Gasteiger partial charge in [-0.15, -0.1) is 13.2 Å². The van der Waals surface area contributed by atoms with Crippen molar-refractivity contribution in [2.24, 2.45) is 0 Å². The Labute approximate surface area is 104 Å². The molecule has 5 nitrogen and oxygen atoms in total. The Kier molecular flexibility index (Phi) is 3.01. The van der Waals surface area contributed by atoms with Crippen molar-refractivity contribution in [3.8, 4) is 5.75 Å². The largest absolute Gasteiger partial charge is 0.573 e. The van der Waals surface area contributed by atoms with Gasteiger partial charge in [-0.1, -0.05) is 0 Å². The van der Waals surface area contributed by atoms with Crippen LogP contribution in [0.1, 0.15) is 5.76 Å². The highest BCUT2D eigenvalue weighted by atomic mass is 19.4. The highest BCUT2D eigenvalue weighted by Crippen LogP contribution is 2.37. The number of rotatable bonds is 3. The van der Waals surface area contributed by atoms with Gasteiger partial charge in [-0.05, 0) is 18.2 Å². The van der Waals surface area contributed by atoms with Gasteiger partial charge in [-0.3, -0.25) is 4.79 Å². The molecule has 0 fully saturated rings. The first-order valence-corrected chi connectivity index (χ1v) is 5.04. The van der Waals surface area contributed by atoms with Gasteiger partial charge in [0, 0.05) is 5.69 Å². The molecule has 0 bridgehead atoms. The molecule has 0 aliphatic carbocycles. The number of hydrogen-bond acceptors (Lipinski definition) is 4. The SMILES string of the molecule is Nc1ccc2oc(CC(=O)O)c(OC(F)(F)F)c2c1. The Morgan fingerprint density at radius 2 is 2.11 bits per heavy atom. The van der Waals surface area contributed by atoms with Gasteiger partial charge >= 0.3 is 12.3 Å². The van der Waals surface area contributed by atoms with Gasteiger partial charge in [0.2, 0.25) is 0 Å². The molecular formula is C11H8F3NO4. The fraction of sp³-hybridized carbons (Fsp3) is 0.182. The van der Waals surface area contributed by atoms with E-state index < -0.39 is 30.3 Å². The number of benzene rings is 1. The molecule has 3 N–H and O–H groups in total. The zero-order chi connectivity index (χ0) is 14.2. The summed E-state index contributed by atoms with van der Waals surface area (Å²) in [5.74, 6) is -2.42. The van der Waals surface area contributed by atoms with Crippen LogP contribution in [0.5, 0.6) is 5.75 Å². The lowest BCUT2D eigenvalue weighted by Gasteiger charge is -2.08. The summed E-state index contributed by atoms with van der Waals surface area (Å²) in [6.07, 6.45) is -5.67. The van der Waals surface area contributed by atoms with E-state index in [9.17, 15) is 18.0 Å². The van der Waals surface area contributed by atoms with Crippen LogP contribution in [0.3, 0.4) is 0 Å². The van der Waals surface area contributed by atoms with Crippen LogP contribution in [0.4, 0.5) is 18.9 Å². The maximum Gasteiger partial charge on any atom is 0.573 e. The first kappa shape index (κ1) is 13.1. The van der Waals surface area contributed by atoms with Crippen LogP contribution in [-0.2, 0) is 11.2 Å². The zero-order valence-electron chi connectivity index (χ0n) is 9.32. The number of halogens is 3. The molecule has 1 aromatic carbocycles. The van der Waals surface area contributed by atoms with Crippen molar-refractivity contribution in [1.29, 1.82) is 0 Å². The van der Waals surface area contributed by atoms with Crippen molar-refractivity contribution in [2.45, 2.75) is 12.8 Å². The summed E-state index contributed by atoms with van der Waals surface area (Å²) in [7, 11) is 0. The Hall–Kier alpha value is -2.38. The van der Waals surface area contributed by atoms with E-state index in [0.717, 1.165) is 0 Å². The number of nitrogen functional groups attached to an aromatic ring is 1. The number of alkyl halides is 3. The van der Waals surface area contributed by atoms with Crippen LogP contribution in [-0.4, -0.2) is 17.4 Å². The third-order valence-electron chi connectivity index (χ3n) is 2.26. The second-order valence-corrected chi connectivity index (χ2v) is 3.73. The summed E-state index contributed by atoms with van der Waals surface area (Å²) in [4.78, 5) is 10.6. The number of anilines is 1. The average molecular weight is 275 g/mol. The van der Waals surface area contributed by atoms with Gasteiger partial charge in [0.25, 0.3) is 0 Å². The Morgan fingerprint density at radius 1 is 1.42 bits per heavy atom. The number of carboxylic acid groups (broad SMARTS) is 1. The maximum absolute atomic E-state index is 12.3. The normalized spacial score (nSPS) is 11.7. The summed E-state index contributed by atoms with van der Waals surface area (Å²) in [5.41, 5.74) is 5.76. The number of carbonyl (C=O) groups is 1. The third-order valence-corrected chi connectivity index (χ3v) is 2.26. The number of aliphatic carboxylic acids is 1. The Bertz CT molecular complexity index is 633. The van der Waals surface area contributed by atoms with Gasteiger partial charge in [0.15, 0.2) is 11.5 Å². The summed E-state index contributed by atoms with van der Waals surface area (Å²) < 4.78 is 45.8. The highest BCUT2D eigenvalue weighted by Gasteiger charge is 2.34. The molecule has 102 valence electrons. The zero-order valence-corrected chi connectivity index (χ0v) is 9.32. The van der Waals surface area contributed by atoms with E-state index in [1.54, 1.807) is 0 Å². The first-order chi connectivity index (χ1) is 8.76. The molecule has 0 saturated carbocycles. The fourth-order valence-electron chi connectivity index (χ4n) is 1.62. The molecule has 0 aliphatic heterocycles. The first-order valence-electron chi connectivity index (χ1n) is 5.04. The Balaban J connectivity index is 2.59. The molecule has 0 spiro atoms. The van der Waals surface area contributed by atoms with E-state index in [1.807, 2.05) is 0 Å². The summed E-state index contributed by atoms with van der Waals surface area (Å²) >= 11 is 0. The second-order valence-electron chi connectivity index (χ2n) is 3.73. The smallest absolute Gasteiger partial charge is 0.481 e. The van der Waals surface area contributed by atoms with Crippen LogP contribution < -0.4 is 10.5 Å². The van der Waals surface area contributed by atoms with Gasteiger partial charge in [-0.25, -0.2) is 0 Å². The minimum atomic E-state index is -4.95. The minimum Gasteiger partial charge on any atom is -0.481 e. The topological polar surface area (TPSA) is 85.7 Å². The maximum atomic E-state index is 12.3. The molecule has 19 heavy (non-hydrogen) atoms. The predicted octanol–water partition coefficient (Wildman–Crippen LogP) is 2.54. The van der Waals surface area contributed by atoms with Crippen molar-refractivity contribution in [1.82, 2.24) is 0 Å². The molecular weight excluding hydrogens is 267 g/mol. The number of nitrogens with two attached hydrogens (primary N) is 1. The Morgan fingerprint density at radius 3 is 2.68 bits per heavy atom. The number of fused-ring (bicyclic) bond motifs is 1. The number of ether oxygens (including phenoxy) is 1. The molecule has 2 aromatic rings. The molecule has 1 aromatic heterocycles. The van der Waals surface area contributed by atoms with E-state index in [2.05, 4.69) is 4.74 Å². The minimum absolute atomic E-state index is 0.0198. The lowest BCUT2D eigenvalue weighted by atomic mass is 10.2. The van der Waals surface area contributed by atoms with Crippen molar-refractivity contribution in [3.05, 3.63) is 24.0 Å². The number of hydrogen-bond donors (Lipinski definition) is 2. The number of carboxylic acids is 1. The van der Waals surface area contributed by atoms with Crippen LogP contribution in [0.15, 0.2) is 22.6 Å². The van der Waals surface area contributed by atoms with Crippen LogP contribution in [0.2, 0.25) is 0 Å². The highest BCUT2D eigenvalue weighted by molar-refractivity contribution is 5.89. The molecule has 0 aliphatic rings. The van der Waals surface area contributed by atoms with Crippen molar-refractivity contribution >= 4 is 22.6 Å². The van der Waals surface area contributed by atoms with Crippen LogP contribution in [0.25, 0.3) is 11.0 Å². The standard InChI is InChI=1S/C11H8F3NO4/c12-11(13,14)19-10-6-3-5(15)1-2-7(6)18-8(10)4-9(16)17/h1-3H,4,15H2,(H,16,17). The quantitative estimate of drug-likeness (QED) is 0.841. The molecule has 8 heteroatoms. The van der Waals surface area contributed by atoms with E-state index >= 15 is 0 Å². The predicted molar refractivity (Wildman–Crippen MR) is 58.6 cm³/mol. The third kappa shape index (κ3) is 2.90. The van der Waals surface area contributed by atoms with Crippen molar-refractivity contribution in [3.63, 3.8) is 0 Å². The molecule has 0 atom stereocenters. The average Bonchev–Trinajstić information content (AvgIpc) is 2.54. The fourth-order valence-corrected chi connectivity index (χ4v) is 1.62.